The minimum Gasteiger partial charge on any atom is -0.508 e. The van der Waals surface area contributed by atoms with Crippen LogP contribution >= 0.6 is 12.6 Å². The number of guanidine groups is 1. The molecule has 27 nitrogen and oxygen atoms in total. The molecule has 8 atom stereocenters. The van der Waals surface area contributed by atoms with Gasteiger partial charge in [0.2, 0.25) is 53.2 Å². The number of unbranched alkanes of at least 4 members (excludes halogenated alkanes) is 1. The number of nitrogens with zero attached hydrogens (tertiary/aromatic N) is 2. The first kappa shape index (κ1) is 61.6. The third kappa shape index (κ3) is 21.3. The van der Waals surface area contributed by atoms with Gasteiger partial charge in [-0.3, -0.25) is 48.1 Å². The number of primary amides is 1. The molecule has 0 unspecified atom stereocenters. The first-order chi connectivity index (χ1) is 35.5. The Morgan fingerprint density at radius 2 is 1.17 bits per heavy atom. The molecule has 1 fully saturated rings. The fourth-order valence-electron chi connectivity index (χ4n) is 7.70. The molecule has 0 saturated carbocycles. The third-order valence-electron chi connectivity index (χ3n) is 11.7. The Hall–Kier alpha value is -7.72. The number of aliphatic carboxylic acids is 1. The van der Waals surface area contributed by atoms with Gasteiger partial charge in [0.05, 0.1) is 19.0 Å². The first-order valence-electron chi connectivity index (χ1n) is 24.1. The molecule has 2 aromatic rings. The number of hydrogen-bond acceptors (Lipinski definition) is 16. The molecular weight excluding hydrogens is 1000 g/mol. The van der Waals surface area contributed by atoms with Crippen LogP contribution in [0.4, 0.5) is 0 Å². The summed E-state index contributed by atoms with van der Waals surface area (Å²) in [5.74, 6) is -9.81. The molecule has 0 aliphatic carbocycles. The zero-order valence-electron chi connectivity index (χ0n) is 41.5. The van der Waals surface area contributed by atoms with E-state index in [1.807, 2.05) is 0 Å². The predicted octanol–water partition coefficient (Wildman–Crippen LogP) is -4.68. The summed E-state index contributed by atoms with van der Waals surface area (Å²) in [6, 6.07) is 0.987. The number of thiol groups is 1. The maximum absolute atomic E-state index is 14.0. The molecule has 2 aromatic carbocycles. The summed E-state index contributed by atoms with van der Waals surface area (Å²) in [6.07, 6.45) is 0.284. The molecule has 28 heteroatoms. The fourth-order valence-corrected chi connectivity index (χ4v) is 7.96. The molecule has 412 valence electrons. The summed E-state index contributed by atoms with van der Waals surface area (Å²) >= 11 is 4.16. The number of likely N-dealkylation sites (tertiary alicyclic amines) is 1. The highest BCUT2D eigenvalue weighted by atomic mass is 32.1. The van der Waals surface area contributed by atoms with Gasteiger partial charge >= 0.3 is 5.97 Å². The standard InChI is InChI=1S/C47H70N14O13S/c1-25(49)39(66)59-33(20-26-9-13-28(62)14-10-26)45(72)61-19-5-8-36(61)44(71)54-23-38(65)55-35(24-75)43(70)58-32(22-37(50)64)42(69)57-30(6-2-3-17-48)40(67)56-31(7-4-18-53-47(51)52)41(68)60-34(46(73)74)21-27-11-15-29(63)16-12-27/h9-16,25,30-36,62-63,75H,2-8,17-24,48-49H2,1H3,(H2,50,64)(H,54,71)(H,55,65)(H,56,67)(H,57,69)(H,58,70)(H,59,66)(H,60,68)(H,73,74)(H4,51,52,53)/t25-,30-,31-,32-,33-,34-,35-,36-/m0/s1. The molecule has 9 amide bonds. The Labute approximate surface area is 438 Å². The van der Waals surface area contributed by atoms with Gasteiger partial charge < -0.3 is 86.1 Å². The van der Waals surface area contributed by atoms with Gasteiger partial charge in [-0.25, -0.2) is 4.79 Å². The minimum atomic E-state index is -1.73. The summed E-state index contributed by atoms with van der Waals surface area (Å²) < 4.78 is 0. The summed E-state index contributed by atoms with van der Waals surface area (Å²) in [6.45, 7) is 1.14. The smallest absolute Gasteiger partial charge is 0.326 e. The number of aliphatic imine (C=N–C) groups is 1. The first-order valence-corrected chi connectivity index (χ1v) is 24.7. The lowest BCUT2D eigenvalue weighted by Crippen LogP contribution is -2.60. The second kappa shape index (κ2) is 31.1. The maximum Gasteiger partial charge on any atom is 0.326 e. The van der Waals surface area contributed by atoms with Crippen molar-refractivity contribution in [2.45, 2.75) is 119 Å². The number of carbonyl (C=O) groups is 10. The number of amides is 9. The molecule has 1 aliphatic heterocycles. The van der Waals surface area contributed by atoms with Crippen LogP contribution in [0.1, 0.15) is 69.4 Å². The summed E-state index contributed by atoms with van der Waals surface area (Å²) in [7, 11) is 0. The number of carboxylic acid groups (broad SMARTS) is 1. The molecule has 0 aromatic heterocycles. The van der Waals surface area contributed by atoms with Crippen LogP contribution in [-0.2, 0) is 60.8 Å². The number of hydrogen-bond donors (Lipinski definition) is 16. The van der Waals surface area contributed by atoms with E-state index in [2.05, 4.69) is 54.8 Å². The van der Waals surface area contributed by atoms with Crippen LogP contribution in [0, 0.1) is 0 Å². The molecule has 0 bridgehead atoms. The van der Waals surface area contributed by atoms with E-state index < -0.39 is 120 Å². The average molecular weight is 1070 g/mol. The van der Waals surface area contributed by atoms with E-state index in [0.717, 1.165) is 0 Å². The molecule has 75 heavy (non-hydrogen) atoms. The number of nitrogens with two attached hydrogens (primary N) is 5. The number of nitrogens with one attached hydrogen (secondary N) is 7. The normalized spacial score (nSPS) is 15.7. The van der Waals surface area contributed by atoms with Gasteiger partial charge in [-0.05, 0) is 93.8 Å². The maximum atomic E-state index is 14.0. The highest BCUT2D eigenvalue weighted by molar-refractivity contribution is 7.80. The van der Waals surface area contributed by atoms with E-state index in [1.54, 1.807) is 12.1 Å². The van der Waals surface area contributed by atoms with E-state index in [9.17, 15) is 63.3 Å². The van der Waals surface area contributed by atoms with Crippen molar-refractivity contribution >= 4 is 77.7 Å². The van der Waals surface area contributed by atoms with Crippen molar-refractivity contribution in [3.05, 3.63) is 59.7 Å². The number of phenolic OH excluding ortho intramolecular Hbond substituents is 2. The van der Waals surface area contributed by atoms with Crippen molar-refractivity contribution in [3.8, 4) is 11.5 Å². The second-order valence-electron chi connectivity index (χ2n) is 17.8. The van der Waals surface area contributed by atoms with Crippen LogP contribution in [0.2, 0.25) is 0 Å². The van der Waals surface area contributed by atoms with Crippen molar-refractivity contribution in [3.63, 3.8) is 0 Å². The van der Waals surface area contributed by atoms with Gasteiger partial charge in [0, 0.05) is 31.7 Å². The Morgan fingerprint density at radius 1 is 0.680 bits per heavy atom. The SMILES string of the molecule is C[C@H](N)C(=O)N[C@@H](Cc1ccc(O)cc1)C(=O)N1CCC[C@H]1C(=O)NCC(=O)N[C@@H](CS)C(=O)N[C@@H](CC(N)=O)C(=O)N[C@@H](CCCCN)C(=O)N[C@@H](CCCN=C(N)N)C(=O)N[C@@H](Cc1ccc(O)cc1)C(=O)O. The van der Waals surface area contributed by atoms with E-state index in [1.165, 1.54) is 48.2 Å². The molecule has 1 saturated heterocycles. The highest BCUT2D eigenvalue weighted by Crippen LogP contribution is 2.21. The van der Waals surface area contributed by atoms with Crippen LogP contribution in [0.3, 0.4) is 0 Å². The van der Waals surface area contributed by atoms with Crippen molar-refractivity contribution in [1.82, 2.24) is 42.1 Å². The molecule has 1 aliphatic rings. The van der Waals surface area contributed by atoms with E-state index in [4.69, 9.17) is 28.7 Å². The van der Waals surface area contributed by atoms with Gasteiger partial charge in [0.1, 0.15) is 53.8 Å². The molecular formula is C47H70N14O13S. The monoisotopic (exact) mass is 1070 g/mol. The van der Waals surface area contributed by atoms with Crippen LogP contribution in [0.15, 0.2) is 53.5 Å². The van der Waals surface area contributed by atoms with E-state index in [0.29, 0.717) is 24.0 Å². The number of phenols is 2. The van der Waals surface area contributed by atoms with Crippen LogP contribution in [-0.4, -0.2) is 166 Å². The lowest BCUT2D eigenvalue weighted by molar-refractivity contribution is -0.142. The molecule has 0 radical (unpaired) electrons. The zero-order chi connectivity index (χ0) is 55.8. The average Bonchev–Trinajstić information content (AvgIpc) is 3.86. The van der Waals surface area contributed by atoms with Crippen LogP contribution in [0.25, 0.3) is 0 Å². The van der Waals surface area contributed by atoms with E-state index in [-0.39, 0.29) is 87.8 Å². The quantitative estimate of drug-likeness (QED) is 0.0146. The third-order valence-corrected chi connectivity index (χ3v) is 12.1. The lowest BCUT2D eigenvalue weighted by Gasteiger charge is -2.29. The second-order valence-corrected chi connectivity index (χ2v) is 18.2. The number of benzene rings is 2. The zero-order valence-corrected chi connectivity index (χ0v) is 42.4. The van der Waals surface area contributed by atoms with Crippen molar-refractivity contribution in [2.75, 3.05) is 31.9 Å². The van der Waals surface area contributed by atoms with Crippen molar-refractivity contribution in [2.24, 2.45) is 33.7 Å². The predicted molar refractivity (Wildman–Crippen MR) is 275 cm³/mol. The van der Waals surface area contributed by atoms with Crippen molar-refractivity contribution < 1.29 is 63.3 Å². The summed E-state index contributed by atoms with van der Waals surface area (Å²) in [4.78, 5) is 138. The van der Waals surface area contributed by atoms with Crippen LogP contribution < -0.4 is 65.9 Å². The van der Waals surface area contributed by atoms with Crippen LogP contribution in [0.5, 0.6) is 11.5 Å². The minimum absolute atomic E-state index is 0.00715. The van der Waals surface area contributed by atoms with Gasteiger partial charge in [0.15, 0.2) is 5.96 Å². The largest absolute Gasteiger partial charge is 0.508 e. The molecule has 1 heterocycles. The Bertz CT molecular complexity index is 2340. The fraction of sp³-hybridized carbons (Fsp3) is 0.511. The summed E-state index contributed by atoms with van der Waals surface area (Å²) in [5, 5.41) is 46.5. The number of carboxylic acids is 1. The van der Waals surface area contributed by atoms with E-state index >= 15 is 0 Å². The summed E-state index contributed by atoms with van der Waals surface area (Å²) in [5.41, 5.74) is 28.8. The highest BCUT2D eigenvalue weighted by Gasteiger charge is 2.39. The number of carbonyl (C=O) groups excluding carboxylic acids is 9. The van der Waals surface area contributed by atoms with Crippen molar-refractivity contribution in [1.29, 1.82) is 0 Å². The molecule has 0 spiro atoms. The Morgan fingerprint density at radius 3 is 1.68 bits per heavy atom. The van der Waals surface area contributed by atoms with Gasteiger partial charge in [0.25, 0.3) is 0 Å². The van der Waals surface area contributed by atoms with Gasteiger partial charge in [-0.1, -0.05) is 24.3 Å². The number of aromatic hydroxyl groups is 2. The molecule has 3 rings (SSSR count). The van der Waals surface area contributed by atoms with Gasteiger partial charge in [-0.15, -0.1) is 0 Å². The number of rotatable bonds is 31. The topological polar surface area (TPSA) is 461 Å². The Kier molecular flexibility index (Phi) is 25.5. The lowest BCUT2D eigenvalue weighted by atomic mass is 10.0. The Balaban J connectivity index is 1.72. The molecule has 20 N–H and O–H groups in total. The van der Waals surface area contributed by atoms with Gasteiger partial charge in [-0.2, -0.15) is 12.6 Å².